The lowest BCUT2D eigenvalue weighted by atomic mass is 9.96. The van der Waals surface area contributed by atoms with Crippen LogP contribution in [0.5, 0.6) is 0 Å². The summed E-state index contributed by atoms with van der Waals surface area (Å²) in [5.74, 6) is 0.910. The maximum Gasteiger partial charge on any atom is 0.00683 e. The molecule has 0 radical (unpaired) electrons. The molecule has 0 spiro atoms. The zero-order chi connectivity index (χ0) is 11.0. The molecule has 2 saturated carbocycles. The first-order valence-electron chi connectivity index (χ1n) is 6.54. The molecule has 1 heteroatoms. The molecule has 1 nitrogen and oxygen atoms in total. The Hall–Kier alpha value is -0.820. The molecule has 1 aromatic rings. The highest BCUT2D eigenvalue weighted by Crippen LogP contribution is 2.54. The van der Waals surface area contributed by atoms with Gasteiger partial charge in [0.05, 0.1) is 0 Å². The van der Waals surface area contributed by atoms with E-state index in [0.717, 1.165) is 12.0 Å². The fraction of sp³-hybridized carbons (Fsp3) is 0.600. The Morgan fingerprint density at radius 2 is 2.00 bits per heavy atom. The van der Waals surface area contributed by atoms with E-state index in [1.165, 1.54) is 37.8 Å². The molecule has 1 aromatic carbocycles. The highest BCUT2D eigenvalue weighted by molar-refractivity contribution is 5.19. The second kappa shape index (κ2) is 3.89. The highest BCUT2D eigenvalue weighted by atomic mass is 15.0. The van der Waals surface area contributed by atoms with Crippen LogP contribution in [0.25, 0.3) is 0 Å². The first-order chi connectivity index (χ1) is 7.76. The van der Waals surface area contributed by atoms with Crippen molar-refractivity contribution in [3.05, 3.63) is 35.9 Å². The minimum absolute atomic E-state index is 0.573. The molecule has 0 bridgehead atoms. The number of hydrogen-bond acceptors (Lipinski definition) is 1. The molecule has 16 heavy (non-hydrogen) atoms. The average Bonchev–Trinajstić information content (AvgIpc) is 3.16. The molecule has 0 aromatic heterocycles. The van der Waals surface area contributed by atoms with Crippen molar-refractivity contribution in [2.24, 2.45) is 11.3 Å². The molecule has 0 aliphatic heterocycles. The van der Waals surface area contributed by atoms with Gasteiger partial charge in [0.2, 0.25) is 0 Å². The summed E-state index contributed by atoms with van der Waals surface area (Å²) < 4.78 is 0. The Morgan fingerprint density at radius 3 is 2.69 bits per heavy atom. The SMILES string of the molecule is CC1(Cc2ccccc2)CC1CNC1CC1. The van der Waals surface area contributed by atoms with E-state index in [2.05, 4.69) is 42.6 Å². The molecule has 2 atom stereocenters. The van der Waals surface area contributed by atoms with Crippen LogP contribution in [-0.2, 0) is 6.42 Å². The molecule has 3 rings (SSSR count). The molecule has 2 fully saturated rings. The van der Waals surface area contributed by atoms with Gasteiger partial charge in [0.25, 0.3) is 0 Å². The van der Waals surface area contributed by atoms with Gasteiger partial charge in [0.15, 0.2) is 0 Å². The fourth-order valence-electron chi connectivity index (χ4n) is 2.70. The van der Waals surface area contributed by atoms with Crippen LogP contribution >= 0.6 is 0 Å². The van der Waals surface area contributed by atoms with E-state index >= 15 is 0 Å². The number of benzene rings is 1. The molecule has 0 amide bonds. The minimum atomic E-state index is 0.573. The van der Waals surface area contributed by atoms with Gasteiger partial charge in [0.1, 0.15) is 0 Å². The largest absolute Gasteiger partial charge is 0.314 e. The van der Waals surface area contributed by atoms with E-state index in [-0.39, 0.29) is 0 Å². The third-order valence-electron chi connectivity index (χ3n) is 4.22. The normalized spacial score (nSPS) is 32.7. The Bertz CT molecular complexity index is 355. The van der Waals surface area contributed by atoms with Gasteiger partial charge in [-0.25, -0.2) is 0 Å². The third-order valence-corrected chi connectivity index (χ3v) is 4.22. The lowest BCUT2D eigenvalue weighted by molar-refractivity contribution is 0.475. The number of nitrogens with one attached hydrogen (secondary N) is 1. The fourth-order valence-corrected chi connectivity index (χ4v) is 2.70. The van der Waals surface area contributed by atoms with Crippen molar-refractivity contribution in [2.75, 3.05) is 6.54 Å². The van der Waals surface area contributed by atoms with Crippen molar-refractivity contribution in [2.45, 2.75) is 38.6 Å². The van der Waals surface area contributed by atoms with Crippen molar-refractivity contribution < 1.29 is 0 Å². The molecule has 2 unspecified atom stereocenters. The molecule has 86 valence electrons. The van der Waals surface area contributed by atoms with E-state index in [1.807, 2.05) is 0 Å². The van der Waals surface area contributed by atoms with E-state index < -0.39 is 0 Å². The average molecular weight is 215 g/mol. The zero-order valence-electron chi connectivity index (χ0n) is 10.1. The van der Waals surface area contributed by atoms with Crippen LogP contribution in [0.4, 0.5) is 0 Å². The summed E-state index contributed by atoms with van der Waals surface area (Å²) in [6.45, 7) is 3.69. The monoisotopic (exact) mass is 215 g/mol. The van der Waals surface area contributed by atoms with Gasteiger partial charge >= 0.3 is 0 Å². The van der Waals surface area contributed by atoms with E-state index in [4.69, 9.17) is 0 Å². The van der Waals surface area contributed by atoms with Crippen LogP contribution in [0.1, 0.15) is 31.7 Å². The summed E-state index contributed by atoms with van der Waals surface area (Å²) in [5, 5.41) is 3.66. The van der Waals surface area contributed by atoms with Crippen LogP contribution in [0, 0.1) is 11.3 Å². The molecule has 2 aliphatic carbocycles. The molecule has 1 N–H and O–H groups in total. The van der Waals surface area contributed by atoms with Gasteiger partial charge in [-0.2, -0.15) is 0 Å². The number of hydrogen-bond donors (Lipinski definition) is 1. The topological polar surface area (TPSA) is 12.0 Å². The highest BCUT2D eigenvalue weighted by Gasteiger charge is 2.49. The van der Waals surface area contributed by atoms with E-state index in [9.17, 15) is 0 Å². The predicted molar refractivity (Wildman–Crippen MR) is 67.4 cm³/mol. The maximum absolute atomic E-state index is 3.66. The Balaban J connectivity index is 1.51. The quantitative estimate of drug-likeness (QED) is 0.796. The maximum atomic E-state index is 3.66. The van der Waals surface area contributed by atoms with Gasteiger partial charge in [0, 0.05) is 6.04 Å². The van der Waals surface area contributed by atoms with Crippen molar-refractivity contribution >= 4 is 0 Å². The standard InChI is InChI=1S/C15H21N/c1-15(9-12-5-3-2-4-6-12)10-13(15)11-16-14-7-8-14/h2-6,13-14,16H,7-11H2,1H3. The van der Waals surface area contributed by atoms with Crippen molar-refractivity contribution in [1.29, 1.82) is 0 Å². The third kappa shape index (κ3) is 2.30. The second-order valence-corrected chi connectivity index (χ2v) is 5.90. The number of rotatable bonds is 5. The smallest absolute Gasteiger partial charge is 0.00683 e. The van der Waals surface area contributed by atoms with Gasteiger partial charge < -0.3 is 5.32 Å². The summed E-state index contributed by atoms with van der Waals surface area (Å²) in [6.07, 6.45) is 5.47. The molecular weight excluding hydrogens is 194 g/mol. The Labute approximate surface area is 98.3 Å². The molecule has 2 aliphatic rings. The summed E-state index contributed by atoms with van der Waals surface area (Å²) in [4.78, 5) is 0. The molecule has 0 saturated heterocycles. The van der Waals surface area contributed by atoms with E-state index in [1.54, 1.807) is 0 Å². The summed E-state index contributed by atoms with van der Waals surface area (Å²) in [5.41, 5.74) is 2.07. The summed E-state index contributed by atoms with van der Waals surface area (Å²) in [6, 6.07) is 11.8. The van der Waals surface area contributed by atoms with Gasteiger partial charge in [-0.05, 0) is 49.1 Å². The Morgan fingerprint density at radius 1 is 1.25 bits per heavy atom. The van der Waals surface area contributed by atoms with Crippen LogP contribution in [0.3, 0.4) is 0 Å². The Kier molecular flexibility index (Phi) is 2.51. The summed E-state index contributed by atoms with van der Waals surface area (Å²) >= 11 is 0. The first kappa shape index (κ1) is 10.3. The van der Waals surface area contributed by atoms with Gasteiger partial charge in [-0.1, -0.05) is 37.3 Å². The van der Waals surface area contributed by atoms with Crippen LogP contribution in [0.2, 0.25) is 0 Å². The lowest BCUT2D eigenvalue weighted by Gasteiger charge is -2.11. The molecule has 0 heterocycles. The van der Waals surface area contributed by atoms with Crippen LogP contribution in [0.15, 0.2) is 30.3 Å². The predicted octanol–water partition coefficient (Wildman–Crippen LogP) is 3.01. The molecular formula is C15H21N. The lowest BCUT2D eigenvalue weighted by Crippen LogP contribution is -2.21. The van der Waals surface area contributed by atoms with Crippen LogP contribution < -0.4 is 5.32 Å². The van der Waals surface area contributed by atoms with Crippen molar-refractivity contribution in [3.63, 3.8) is 0 Å². The van der Waals surface area contributed by atoms with Crippen molar-refractivity contribution in [1.82, 2.24) is 5.32 Å². The van der Waals surface area contributed by atoms with Crippen molar-refractivity contribution in [3.8, 4) is 0 Å². The second-order valence-electron chi connectivity index (χ2n) is 5.90. The summed E-state index contributed by atoms with van der Waals surface area (Å²) in [7, 11) is 0. The van der Waals surface area contributed by atoms with Crippen LogP contribution in [-0.4, -0.2) is 12.6 Å². The van der Waals surface area contributed by atoms with Gasteiger partial charge in [-0.3, -0.25) is 0 Å². The zero-order valence-corrected chi connectivity index (χ0v) is 10.1. The van der Waals surface area contributed by atoms with E-state index in [0.29, 0.717) is 5.41 Å². The van der Waals surface area contributed by atoms with Gasteiger partial charge in [-0.15, -0.1) is 0 Å². The minimum Gasteiger partial charge on any atom is -0.314 e. The first-order valence-corrected chi connectivity index (χ1v) is 6.54.